The van der Waals surface area contributed by atoms with Gasteiger partial charge in [-0.3, -0.25) is 14.4 Å². The molecule has 0 saturated heterocycles. The topological polar surface area (TPSA) is 71.4 Å². The average Bonchev–Trinajstić information content (AvgIpc) is 2.35. The van der Waals surface area contributed by atoms with Crippen LogP contribution in [0.1, 0.15) is 12.0 Å². The molecule has 94 valence electrons. The van der Waals surface area contributed by atoms with Crippen LogP contribution >= 0.6 is 11.6 Å². The van der Waals surface area contributed by atoms with Gasteiger partial charge in [-0.25, -0.2) is 0 Å². The second kappa shape index (κ2) is 6.71. The van der Waals surface area contributed by atoms with Gasteiger partial charge in [-0.15, -0.1) is 11.6 Å². The summed E-state index contributed by atoms with van der Waals surface area (Å²) in [6.07, 6.45) is 0.636. The van der Waals surface area contributed by atoms with Gasteiger partial charge in [0.2, 0.25) is 0 Å². The summed E-state index contributed by atoms with van der Waals surface area (Å²) in [5.41, 5.74) is 0.461. The van der Waals surface area contributed by atoms with Crippen LogP contribution < -0.4 is 0 Å². The fourth-order valence-corrected chi connectivity index (χ4v) is 1.48. The van der Waals surface area contributed by atoms with Gasteiger partial charge in [-0.05, 0) is 11.6 Å². The number of carbonyl (C=O) groups is 3. The summed E-state index contributed by atoms with van der Waals surface area (Å²) < 4.78 is 0. The van der Waals surface area contributed by atoms with E-state index < -0.39 is 24.0 Å². The lowest BCUT2D eigenvalue weighted by atomic mass is 10.0. The van der Waals surface area contributed by atoms with Crippen LogP contribution in [0.2, 0.25) is 0 Å². The molecule has 0 bridgehead atoms. The Morgan fingerprint density at radius 2 is 1.72 bits per heavy atom. The van der Waals surface area contributed by atoms with Crippen LogP contribution in [0.15, 0.2) is 35.9 Å². The smallest absolute Gasteiger partial charge is 0.311 e. The lowest BCUT2D eigenvalue weighted by molar-refractivity contribution is -0.139. The third-order valence-electron chi connectivity index (χ3n) is 2.14. The first-order valence-electron chi connectivity index (χ1n) is 5.15. The van der Waals surface area contributed by atoms with E-state index in [2.05, 4.69) is 0 Å². The molecular weight excluding hydrogens is 256 g/mol. The van der Waals surface area contributed by atoms with E-state index in [9.17, 15) is 14.4 Å². The van der Waals surface area contributed by atoms with Crippen LogP contribution in [-0.4, -0.2) is 28.5 Å². The zero-order chi connectivity index (χ0) is 13.5. The molecule has 0 atom stereocenters. The van der Waals surface area contributed by atoms with Gasteiger partial charge in [-0.2, -0.15) is 0 Å². The quantitative estimate of drug-likeness (QED) is 0.370. The van der Waals surface area contributed by atoms with Crippen LogP contribution in [0.5, 0.6) is 0 Å². The van der Waals surface area contributed by atoms with Crippen molar-refractivity contribution in [3.05, 3.63) is 41.5 Å². The average molecular weight is 267 g/mol. The van der Waals surface area contributed by atoms with E-state index in [1.807, 2.05) is 0 Å². The van der Waals surface area contributed by atoms with Crippen molar-refractivity contribution in [1.82, 2.24) is 0 Å². The van der Waals surface area contributed by atoms with E-state index in [0.717, 1.165) is 0 Å². The molecule has 0 amide bonds. The molecule has 4 nitrogen and oxygen atoms in total. The van der Waals surface area contributed by atoms with E-state index in [1.54, 1.807) is 30.3 Å². The molecule has 18 heavy (non-hydrogen) atoms. The molecule has 0 fully saturated rings. The van der Waals surface area contributed by atoms with Crippen LogP contribution in [0.25, 0.3) is 6.08 Å². The van der Waals surface area contributed by atoms with Crippen LogP contribution in [-0.2, 0) is 14.4 Å². The summed E-state index contributed by atoms with van der Waals surface area (Å²) in [5.74, 6) is -2.95. The Bertz CT molecular complexity index is 491. The van der Waals surface area contributed by atoms with Gasteiger partial charge in [0.15, 0.2) is 11.6 Å². The molecule has 0 unspecified atom stereocenters. The summed E-state index contributed by atoms with van der Waals surface area (Å²) in [7, 11) is 0. The van der Waals surface area contributed by atoms with Crippen molar-refractivity contribution >= 4 is 35.2 Å². The monoisotopic (exact) mass is 266 g/mol. The lowest BCUT2D eigenvalue weighted by Gasteiger charge is -2.02. The number of hydrogen-bond acceptors (Lipinski definition) is 3. The number of carboxylic acids is 1. The molecule has 1 N–H and O–H groups in total. The summed E-state index contributed by atoms with van der Waals surface area (Å²) in [5, 5.41) is 8.56. The Balaban J connectivity index is 3.06. The molecule has 1 rings (SSSR count). The summed E-state index contributed by atoms with van der Waals surface area (Å²) in [6.45, 7) is 0. The molecule has 5 heteroatoms. The number of rotatable bonds is 6. The van der Waals surface area contributed by atoms with E-state index in [1.165, 1.54) is 6.08 Å². The second-order valence-corrected chi connectivity index (χ2v) is 3.79. The molecule has 1 aromatic rings. The Labute approximate surface area is 109 Å². The molecule has 0 aliphatic rings. The lowest BCUT2D eigenvalue weighted by Crippen LogP contribution is -2.17. The predicted molar refractivity (Wildman–Crippen MR) is 67.4 cm³/mol. The first kappa shape index (κ1) is 14.1. The van der Waals surface area contributed by atoms with Crippen molar-refractivity contribution in [2.45, 2.75) is 6.42 Å². The Morgan fingerprint density at radius 1 is 1.11 bits per heavy atom. The minimum atomic E-state index is -1.28. The van der Waals surface area contributed by atoms with Gasteiger partial charge >= 0.3 is 5.97 Å². The third kappa shape index (κ3) is 4.14. The highest BCUT2D eigenvalue weighted by Crippen LogP contribution is 2.11. The molecule has 0 saturated carbocycles. The van der Waals surface area contributed by atoms with Crippen molar-refractivity contribution in [3.8, 4) is 0 Å². The first-order valence-corrected chi connectivity index (χ1v) is 5.69. The zero-order valence-corrected chi connectivity index (χ0v) is 10.2. The minimum absolute atomic E-state index is 0.182. The number of ketones is 2. The Morgan fingerprint density at radius 3 is 2.22 bits per heavy atom. The highest BCUT2D eigenvalue weighted by Gasteiger charge is 2.19. The number of allylic oxidation sites excluding steroid dienone is 1. The maximum absolute atomic E-state index is 11.6. The van der Waals surface area contributed by atoms with Crippen LogP contribution in [0.4, 0.5) is 0 Å². The minimum Gasteiger partial charge on any atom is -0.481 e. The van der Waals surface area contributed by atoms with E-state index in [4.69, 9.17) is 16.7 Å². The first-order chi connectivity index (χ1) is 8.54. The molecule has 0 heterocycles. The number of Topliss-reactive ketones (excluding diaryl/α,β-unsaturated/α-hetero) is 2. The zero-order valence-electron chi connectivity index (χ0n) is 9.43. The van der Waals surface area contributed by atoms with Gasteiger partial charge in [0.05, 0.1) is 11.5 Å². The third-order valence-corrected chi connectivity index (χ3v) is 2.39. The maximum atomic E-state index is 11.6. The second-order valence-electron chi connectivity index (χ2n) is 3.52. The van der Waals surface area contributed by atoms with Gasteiger partial charge in [0.25, 0.3) is 0 Å². The van der Waals surface area contributed by atoms with Crippen molar-refractivity contribution in [1.29, 1.82) is 0 Å². The normalized spacial score (nSPS) is 11.1. The predicted octanol–water partition coefficient (Wildman–Crippen LogP) is 1.92. The van der Waals surface area contributed by atoms with Crippen LogP contribution in [0.3, 0.4) is 0 Å². The summed E-state index contributed by atoms with van der Waals surface area (Å²) in [4.78, 5) is 33.6. The molecule has 0 aliphatic carbocycles. The van der Waals surface area contributed by atoms with Crippen LogP contribution in [0, 0.1) is 0 Å². The van der Waals surface area contributed by atoms with Crippen molar-refractivity contribution < 1.29 is 19.5 Å². The number of carbonyl (C=O) groups excluding carboxylic acids is 2. The molecular formula is C13H11ClO4. The number of aliphatic carboxylic acids is 1. The molecule has 0 aromatic heterocycles. The fourth-order valence-electron chi connectivity index (χ4n) is 1.34. The van der Waals surface area contributed by atoms with Crippen molar-refractivity contribution in [3.63, 3.8) is 0 Å². The van der Waals surface area contributed by atoms with E-state index in [-0.39, 0.29) is 11.5 Å². The van der Waals surface area contributed by atoms with E-state index in [0.29, 0.717) is 5.56 Å². The highest BCUT2D eigenvalue weighted by atomic mass is 35.5. The van der Waals surface area contributed by atoms with Crippen molar-refractivity contribution in [2.24, 2.45) is 0 Å². The number of hydrogen-bond donors (Lipinski definition) is 1. The van der Waals surface area contributed by atoms with Gasteiger partial charge in [0, 0.05) is 0 Å². The summed E-state index contributed by atoms with van der Waals surface area (Å²) >= 11 is 5.40. The number of alkyl halides is 1. The molecule has 0 spiro atoms. The largest absolute Gasteiger partial charge is 0.481 e. The van der Waals surface area contributed by atoms with Gasteiger partial charge in [-0.1, -0.05) is 30.3 Å². The standard InChI is InChI=1S/C13H11ClO4/c14-8-12(16)10(11(15)7-13(17)18)6-9-4-2-1-3-5-9/h1-6H,7-8H2,(H,17,18). The summed E-state index contributed by atoms with van der Waals surface area (Å²) in [6, 6.07) is 8.69. The van der Waals surface area contributed by atoms with E-state index >= 15 is 0 Å². The SMILES string of the molecule is O=C(O)CC(=O)C(=Cc1ccccc1)C(=O)CCl. The van der Waals surface area contributed by atoms with Crippen molar-refractivity contribution in [2.75, 3.05) is 5.88 Å². The van der Waals surface area contributed by atoms with Gasteiger partial charge < -0.3 is 5.11 Å². The maximum Gasteiger partial charge on any atom is 0.311 e. The Hall–Kier alpha value is -1.94. The molecule has 0 radical (unpaired) electrons. The number of carboxylic acid groups (broad SMARTS) is 1. The number of halogens is 1. The van der Waals surface area contributed by atoms with Gasteiger partial charge in [0.1, 0.15) is 6.42 Å². The molecule has 0 aliphatic heterocycles. The highest BCUT2D eigenvalue weighted by molar-refractivity contribution is 6.37. The fraction of sp³-hybridized carbons (Fsp3) is 0.154. The molecule has 1 aromatic carbocycles. The Kier molecular flexibility index (Phi) is 5.27. The number of benzene rings is 1.